The number of carbonyl (C=O) groups is 2. The number of rotatable bonds is 13. The highest BCUT2D eigenvalue weighted by atomic mass is 16.7. The van der Waals surface area contributed by atoms with E-state index in [-0.39, 0.29) is 18.0 Å². The summed E-state index contributed by atoms with van der Waals surface area (Å²) >= 11 is 0. The number of aliphatic hydroxyl groups excluding tert-OH is 1. The van der Waals surface area contributed by atoms with Crippen molar-refractivity contribution in [1.82, 2.24) is 15.9 Å². The first kappa shape index (κ1) is 19.3. The van der Waals surface area contributed by atoms with Gasteiger partial charge in [-0.05, 0) is 36.7 Å². The Labute approximate surface area is 147 Å². The Balaban J connectivity index is 1.91. The quantitative estimate of drug-likeness (QED) is 0.227. The van der Waals surface area contributed by atoms with Crippen LogP contribution in [0.4, 0.5) is 0 Å². The van der Waals surface area contributed by atoms with Gasteiger partial charge in [-0.3, -0.25) is 19.9 Å². The van der Waals surface area contributed by atoms with E-state index in [0.29, 0.717) is 32.3 Å². The third-order valence-corrected chi connectivity index (χ3v) is 4.68. The molecule has 0 spiro atoms. The second kappa shape index (κ2) is 9.47. The Morgan fingerprint density at radius 2 is 2.04 bits per heavy atom. The summed E-state index contributed by atoms with van der Waals surface area (Å²) in [6.45, 7) is 0.573. The molecule has 8 nitrogen and oxygen atoms in total. The Hall–Kier alpha value is -2.00. The fraction of sp³-hybridized carbons (Fsp3) is 0.529. The van der Waals surface area contributed by atoms with Crippen LogP contribution in [0.5, 0.6) is 0 Å². The van der Waals surface area contributed by atoms with Gasteiger partial charge in [0.1, 0.15) is 12.8 Å². The molecule has 138 valence electrons. The van der Waals surface area contributed by atoms with E-state index in [4.69, 9.17) is 10.6 Å². The Bertz CT molecular complexity index is 539. The Morgan fingerprint density at radius 3 is 2.60 bits per heavy atom. The molecule has 0 aliphatic heterocycles. The van der Waals surface area contributed by atoms with Crippen molar-refractivity contribution >= 4 is 12.8 Å². The van der Waals surface area contributed by atoms with Crippen molar-refractivity contribution < 1.29 is 19.5 Å². The normalized spacial score (nSPS) is 17.4. The zero-order chi connectivity index (χ0) is 18.1. The molecule has 0 radical (unpaired) electrons. The molecule has 0 saturated heterocycles. The first-order chi connectivity index (χ1) is 12.1. The fourth-order valence-corrected chi connectivity index (χ4v) is 3.08. The van der Waals surface area contributed by atoms with Gasteiger partial charge in [0.05, 0.1) is 6.04 Å². The summed E-state index contributed by atoms with van der Waals surface area (Å²) in [5, 5.41) is 11.1. The van der Waals surface area contributed by atoms with E-state index < -0.39 is 6.23 Å². The highest BCUT2D eigenvalue weighted by Crippen LogP contribution is 2.54. The van der Waals surface area contributed by atoms with Crippen LogP contribution in [0.1, 0.15) is 31.2 Å². The molecule has 0 aromatic heterocycles. The van der Waals surface area contributed by atoms with Crippen LogP contribution < -0.4 is 16.6 Å². The molecule has 5 N–H and O–H groups in total. The lowest BCUT2D eigenvalue weighted by Crippen LogP contribution is -2.47. The summed E-state index contributed by atoms with van der Waals surface area (Å²) in [6, 6.07) is 9.34. The molecule has 2 rings (SSSR count). The van der Waals surface area contributed by atoms with Gasteiger partial charge in [0.25, 0.3) is 0 Å². The third kappa shape index (κ3) is 5.50. The summed E-state index contributed by atoms with van der Waals surface area (Å²) in [5.41, 5.74) is 11.4. The largest absolute Gasteiger partial charge is 0.377 e. The first-order valence-corrected chi connectivity index (χ1v) is 8.38. The zero-order valence-electron chi connectivity index (χ0n) is 14.1. The molecule has 25 heavy (non-hydrogen) atoms. The maximum atomic E-state index is 11.5. The van der Waals surface area contributed by atoms with Crippen LogP contribution in [0, 0.1) is 5.41 Å². The lowest BCUT2D eigenvalue weighted by atomic mass is 9.90. The van der Waals surface area contributed by atoms with Crippen LogP contribution in [0.15, 0.2) is 30.3 Å². The standard InChI is InChI=1S/C17H26N4O4/c18-10-15(17(8-9-17)7-6-16(24)20-19-12-22)21(13-23)25-11-14-4-2-1-3-5-14/h1-5,12-13,15-16,20,24H,6-11,18H2,(H,19,22)/t15-,16?/m0/s1. The van der Waals surface area contributed by atoms with Crippen molar-refractivity contribution in [2.75, 3.05) is 6.54 Å². The van der Waals surface area contributed by atoms with E-state index in [1.54, 1.807) is 0 Å². The smallest absolute Gasteiger partial charge is 0.233 e. The van der Waals surface area contributed by atoms with Gasteiger partial charge in [0, 0.05) is 6.54 Å². The molecule has 1 aliphatic carbocycles. The maximum Gasteiger partial charge on any atom is 0.233 e. The average Bonchev–Trinajstić information content (AvgIpc) is 3.43. The van der Waals surface area contributed by atoms with Crippen LogP contribution in [0.3, 0.4) is 0 Å². The molecule has 0 bridgehead atoms. The number of amides is 2. The topological polar surface area (TPSA) is 117 Å². The molecule has 1 aromatic carbocycles. The maximum absolute atomic E-state index is 11.5. The molecule has 1 aromatic rings. The lowest BCUT2D eigenvalue weighted by Gasteiger charge is -2.33. The van der Waals surface area contributed by atoms with Crippen molar-refractivity contribution in [1.29, 1.82) is 0 Å². The van der Waals surface area contributed by atoms with E-state index >= 15 is 0 Å². The summed E-state index contributed by atoms with van der Waals surface area (Å²) < 4.78 is 0. The SMILES string of the molecule is NC[C@H](N(C=O)OCc1ccccc1)C1(CCC(O)NNC=O)CC1. The number of nitrogens with zero attached hydrogens (tertiary/aromatic N) is 1. The minimum absolute atomic E-state index is 0.157. The van der Waals surface area contributed by atoms with Crippen molar-refractivity contribution in [3.63, 3.8) is 0 Å². The third-order valence-electron chi connectivity index (χ3n) is 4.68. The van der Waals surface area contributed by atoms with E-state index in [1.165, 1.54) is 5.06 Å². The Morgan fingerprint density at radius 1 is 1.32 bits per heavy atom. The molecule has 2 amide bonds. The van der Waals surface area contributed by atoms with Crippen LogP contribution in [0.2, 0.25) is 0 Å². The molecule has 1 unspecified atom stereocenters. The van der Waals surface area contributed by atoms with Crippen LogP contribution in [-0.4, -0.2) is 41.8 Å². The van der Waals surface area contributed by atoms with Gasteiger partial charge in [-0.1, -0.05) is 30.3 Å². The second-order valence-corrected chi connectivity index (χ2v) is 6.30. The van der Waals surface area contributed by atoms with Gasteiger partial charge in [0.2, 0.25) is 12.8 Å². The van der Waals surface area contributed by atoms with Crippen LogP contribution in [-0.2, 0) is 21.0 Å². The molecule has 0 heterocycles. The summed E-state index contributed by atoms with van der Waals surface area (Å²) in [6.07, 6.45) is 3.22. The van der Waals surface area contributed by atoms with Gasteiger partial charge in [-0.15, -0.1) is 0 Å². The Kier molecular flexibility index (Phi) is 7.32. The fourth-order valence-electron chi connectivity index (χ4n) is 3.08. The van der Waals surface area contributed by atoms with Gasteiger partial charge in [-0.25, -0.2) is 10.5 Å². The average molecular weight is 350 g/mol. The number of nitrogens with one attached hydrogen (secondary N) is 2. The number of aliphatic hydroxyl groups is 1. The van der Waals surface area contributed by atoms with E-state index in [2.05, 4.69) is 10.9 Å². The predicted octanol–water partition coefficient (Wildman–Crippen LogP) is 0.0333. The highest BCUT2D eigenvalue weighted by molar-refractivity contribution is 5.46. The minimum Gasteiger partial charge on any atom is -0.377 e. The molecule has 1 fully saturated rings. The number of nitrogens with two attached hydrogens (primary N) is 1. The number of benzene rings is 1. The van der Waals surface area contributed by atoms with Crippen molar-refractivity contribution in [3.05, 3.63) is 35.9 Å². The molecule has 1 saturated carbocycles. The van der Waals surface area contributed by atoms with Crippen molar-refractivity contribution in [2.45, 2.75) is 44.6 Å². The minimum atomic E-state index is -0.851. The van der Waals surface area contributed by atoms with Crippen molar-refractivity contribution in [3.8, 4) is 0 Å². The van der Waals surface area contributed by atoms with Gasteiger partial charge in [-0.2, -0.15) is 0 Å². The number of carbonyl (C=O) groups excluding carboxylic acids is 2. The number of hydrazine groups is 1. The van der Waals surface area contributed by atoms with E-state index in [9.17, 15) is 14.7 Å². The molecule has 1 aliphatic rings. The van der Waals surface area contributed by atoms with E-state index in [1.807, 2.05) is 30.3 Å². The van der Waals surface area contributed by atoms with Gasteiger partial charge >= 0.3 is 0 Å². The summed E-state index contributed by atoms with van der Waals surface area (Å²) in [7, 11) is 0. The zero-order valence-corrected chi connectivity index (χ0v) is 14.1. The second-order valence-electron chi connectivity index (χ2n) is 6.30. The molecule has 8 heteroatoms. The molecular weight excluding hydrogens is 324 g/mol. The van der Waals surface area contributed by atoms with E-state index in [0.717, 1.165) is 18.4 Å². The van der Waals surface area contributed by atoms with Crippen molar-refractivity contribution in [2.24, 2.45) is 11.1 Å². The molecule has 2 atom stereocenters. The lowest BCUT2D eigenvalue weighted by molar-refractivity contribution is -0.200. The molecular formula is C17H26N4O4. The monoisotopic (exact) mass is 350 g/mol. The summed E-state index contributed by atoms with van der Waals surface area (Å²) in [5.74, 6) is 0. The van der Waals surface area contributed by atoms with Gasteiger partial charge < -0.3 is 10.8 Å². The van der Waals surface area contributed by atoms with Crippen LogP contribution >= 0.6 is 0 Å². The van der Waals surface area contributed by atoms with Gasteiger partial charge in [0.15, 0.2) is 0 Å². The predicted molar refractivity (Wildman–Crippen MR) is 91.2 cm³/mol. The number of hydroxylamine groups is 2. The number of hydrogen-bond donors (Lipinski definition) is 4. The summed E-state index contributed by atoms with van der Waals surface area (Å²) in [4.78, 5) is 27.4. The van der Waals surface area contributed by atoms with Crippen LogP contribution in [0.25, 0.3) is 0 Å². The highest BCUT2D eigenvalue weighted by Gasteiger charge is 2.51. The first-order valence-electron chi connectivity index (χ1n) is 8.38. The number of hydrogen-bond acceptors (Lipinski definition) is 6.